The number of hydrazone groups is 1. The number of benzene rings is 2. The summed E-state index contributed by atoms with van der Waals surface area (Å²) in [5.74, 6) is 5.90. The van der Waals surface area contributed by atoms with Crippen molar-refractivity contribution in [1.29, 1.82) is 0 Å². The summed E-state index contributed by atoms with van der Waals surface area (Å²) in [6.07, 6.45) is 8.91. The number of nitrogens with one attached hydrogen (secondary N) is 1. The molecular formula is C31H47N5O. The first kappa shape index (κ1) is 30.1. The van der Waals surface area contributed by atoms with Gasteiger partial charge < -0.3 is 10.6 Å². The van der Waals surface area contributed by atoms with Crippen LogP contribution in [0, 0.1) is 5.41 Å². The third-order valence-corrected chi connectivity index (χ3v) is 6.87. The molecule has 0 atom stereocenters. The smallest absolute Gasteiger partial charge is 0.232 e. The Morgan fingerprint density at radius 2 is 1.70 bits per heavy atom. The number of hydrazine groups is 1. The molecule has 0 aromatic heterocycles. The van der Waals surface area contributed by atoms with Crippen LogP contribution in [0.15, 0.2) is 65.9 Å². The van der Waals surface area contributed by atoms with Gasteiger partial charge in [-0.1, -0.05) is 108 Å². The van der Waals surface area contributed by atoms with E-state index in [0.717, 1.165) is 72.9 Å². The number of hydrogen-bond donors (Lipinski definition) is 3. The van der Waals surface area contributed by atoms with Gasteiger partial charge in [-0.3, -0.25) is 4.79 Å². The summed E-state index contributed by atoms with van der Waals surface area (Å²) in [6.45, 7) is 13.4. The van der Waals surface area contributed by atoms with Gasteiger partial charge in [0.1, 0.15) is 5.84 Å². The van der Waals surface area contributed by atoms with Crippen LogP contribution in [0.1, 0.15) is 90.2 Å². The van der Waals surface area contributed by atoms with Gasteiger partial charge in [0.15, 0.2) is 0 Å². The number of carbonyl (C=O) groups excluding carboxylic acids is 1. The monoisotopic (exact) mass is 505 g/mol. The first-order valence-electron chi connectivity index (χ1n) is 13.7. The Labute approximate surface area is 224 Å². The van der Waals surface area contributed by atoms with Crippen molar-refractivity contribution in [3.05, 3.63) is 71.9 Å². The number of hydrogen-bond acceptors (Lipinski definition) is 4. The number of nitrogens with two attached hydrogens (primary N) is 2. The van der Waals surface area contributed by atoms with Crippen LogP contribution in [0.5, 0.6) is 0 Å². The molecule has 0 heterocycles. The molecule has 3 rings (SSSR count). The third-order valence-electron chi connectivity index (χ3n) is 6.87. The molecule has 5 N–H and O–H groups in total. The quantitative estimate of drug-likeness (QED) is 0.138. The normalized spacial score (nSPS) is 14.5. The van der Waals surface area contributed by atoms with Gasteiger partial charge in [-0.2, -0.15) is 5.10 Å². The van der Waals surface area contributed by atoms with Gasteiger partial charge in [-0.05, 0) is 47.9 Å². The van der Waals surface area contributed by atoms with E-state index in [9.17, 15) is 4.79 Å². The standard InChI is InChI=1S/C28H39N5O.C3H8/c1-4-5-10-21(2)33(27(34)28(3)17-8-9-18-28)20-22-13-15-23(16-14-22)25-12-7-6-11-24(25)19-26(29)31-32-30;1-3-2/h6-7,11-16,32H,2,4-5,8-10,17-20,30H2,1,3H3,(H2,29,31);3H2,1-2H3. The van der Waals surface area contributed by atoms with E-state index in [0.29, 0.717) is 18.8 Å². The molecule has 37 heavy (non-hydrogen) atoms. The summed E-state index contributed by atoms with van der Waals surface area (Å²) in [5, 5.41) is 3.87. The largest absolute Gasteiger partial charge is 0.385 e. The van der Waals surface area contributed by atoms with Crippen molar-refractivity contribution in [2.24, 2.45) is 22.1 Å². The van der Waals surface area contributed by atoms with Gasteiger partial charge in [0, 0.05) is 17.5 Å². The van der Waals surface area contributed by atoms with E-state index < -0.39 is 0 Å². The fourth-order valence-electron chi connectivity index (χ4n) is 4.78. The topological polar surface area (TPSA) is 96.7 Å². The molecule has 6 nitrogen and oxygen atoms in total. The van der Waals surface area contributed by atoms with E-state index in [1.807, 2.05) is 23.1 Å². The molecule has 0 saturated heterocycles. The third kappa shape index (κ3) is 8.74. The Morgan fingerprint density at radius 1 is 1.08 bits per heavy atom. The second-order valence-electron chi connectivity index (χ2n) is 10.3. The zero-order valence-electron chi connectivity index (χ0n) is 23.4. The predicted molar refractivity (Wildman–Crippen MR) is 156 cm³/mol. The number of allylic oxidation sites excluding steroid dienone is 1. The first-order valence-corrected chi connectivity index (χ1v) is 13.7. The highest BCUT2D eigenvalue weighted by atomic mass is 16.2. The fraction of sp³-hybridized carbons (Fsp3) is 0.484. The zero-order valence-corrected chi connectivity index (χ0v) is 23.4. The van der Waals surface area contributed by atoms with Crippen molar-refractivity contribution in [3.63, 3.8) is 0 Å². The lowest BCUT2D eigenvalue weighted by Gasteiger charge is -2.33. The molecule has 0 unspecified atom stereocenters. The van der Waals surface area contributed by atoms with E-state index >= 15 is 0 Å². The molecule has 1 fully saturated rings. The maximum absolute atomic E-state index is 13.6. The average molecular weight is 506 g/mol. The zero-order chi connectivity index (χ0) is 27.3. The summed E-state index contributed by atoms with van der Waals surface area (Å²) in [5.41, 5.74) is 13.2. The highest BCUT2D eigenvalue weighted by Crippen LogP contribution is 2.40. The van der Waals surface area contributed by atoms with Crippen molar-refractivity contribution in [1.82, 2.24) is 10.4 Å². The lowest BCUT2D eigenvalue weighted by Crippen LogP contribution is -2.40. The minimum Gasteiger partial charge on any atom is -0.385 e. The van der Waals surface area contributed by atoms with Crippen LogP contribution >= 0.6 is 0 Å². The first-order chi connectivity index (χ1) is 17.8. The van der Waals surface area contributed by atoms with E-state index in [4.69, 9.17) is 11.6 Å². The SMILES string of the molecule is C=C(CCCC)N(Cc1ccc(-c2ccccc2C/C(N)=N/NN)cc1)C(=O)C1(C)CCCC1.CCC. The van der Waals surface area contributed by atoms with Crippen LogP contribution < -0.4 is 17.1 Å². The molecule has 6 heteroatoms. The minimum atomic E-state index is -0.270. The molecule has 2 aromatic carbocycles. The van der Waals surface area contributed by atoms with Gasteiger partial charge in [0.25, 0.3) is 0 Å². The van der Waals surface area contributed by atoms with Crippen molar-refractivity contribution in [3.8, 4) is 11.1 Å². The van der Waals surface area contributed by atoms with E-state index in [2.05, 4.69) is 75.2 Å². The lowest BCUT2D eigenvalue weighted by atomic mass is 9.86. The van der Waals surface area contributed by atoms with Crippen LogP contribution in [0.4, 0.5) is 0 Å². The summed E-state index contributed by atoms with van der Waals surface area (Å²) in [6, 6.07) is 16.6. The number of rotatable bonds is 11. The summed E-state index contributed by atoms with van der Waals surface area (Å²) >= 11 is 0. The van der Waals surface area contributed by atoms with Crippen LogP contribution in [-0.2, 0) is 17.8 Å². The summed E-state index contributed by atoms with van der Waals surface area (Å²) < 4.78 is 0. The Balaban J connectivity index is 0.00000153. The lowest BCUT2D eigenvalue weighted by molar-refractivity contribution is -0.139. The molecule has 1 aliphatic rings. The number of amidine groups is 1. The van der Waals surface area contributed by atoms with Gasteiger partial charge >= 0.3 is 0 Å². The Hall–Kier alpha value is -3.12. The molecule has 1 aliphatic carbocycles. The number of nitrogens with zero attached hydrogens (tertiary/aromatic N) is 2. The van der Waals surface area contributed by atoms with Crippen molar-refractivity contribution < 1.29 is 4.79 Å². The van der Waals surface area contributed by atoms with Crippen molar-refractivity contribution >= 4 is 11.7 Å². The minimum absolute atomic E-state index is 0.226. The molecule has 0 radical (unpaired) electrons. The molecular weight excluding hydrogens is 458 g/mol. The summed E-state index contributed by atoms with van der Waals surface area (Å²) in [4.78, 5) is 15.5. The average Bonchev–Trinajstić information content (AvgIpc) is 3.34. The van der Waals surface area contributed by atoms with E-state index in [1.54, 1.807) is 0 Å². The van der Waals surface area contributed by atoms with Crippen molar-refractivity contribution in [2.75, 3.05) is 0 Å². The van der Waals surface area contributed by atoms with Gasteiger partial charge in [-0.15, -0.1) is 0 Å². The van der Waals surface area contributed by atoms with Gasteiger partial charge in [-0.25, -0.2) is 11.4 Å². The van der Waals surface area contributed by atoms with E-state index in [-0.39, 0.29) is 11.3 Å². The second kappa shape index (κ2) is 15.2. The molecule has 0 spiro atoms. The maximum atomic E-state index is 13.6. The molecule has 0 bridgehead atoms. The van der Waals surface area contributed by atoms with E-state index in [1.165, 1.54) is 6.42 Å². The number of unbranched alkanes of at least 4 members (excludes halogenated alkanes) is 1. The number of carbonyl (C=O) groups is 1. The Kier molecular flexibility index (Phi) is 12.4. The number of amides is 1. The van der Waals surface area contributed by atoms with Crippen LogP contribution in [-0.4, -0.2) is 16.6 Å². The van der Waals surface area contributed by atoms with Crippen LogP contribution in [0.25, 0.3) is 11.1 Å². The summed E-state index contributed by atoms with van der Waals surface area (Å²) in [7, 11) is 0. The van der Waals surface area contributed by atoms with Crippen LogP contribution in [0.3, 0.4) is 0 Å². The van der Waals surface area contributed by atoms with Crippen LogP contribution in [0.2, 0.25) is 0 Å². The molecule has 202 valence electrons. The predicted octanol–water partition coefficient (Wildman–Crippen LogP) is 6.66. The Morgan fingerprint density at radius 3 is 2.30 bits per heavy atom. The fourth-order valence-corrected chi connectivity index (χ4v) is 4.78. The van der Waals surface area contributed by atoms with Gasteiger partial charge in [0.2, 0.25) is 5.91 Å². The highest BCUT2D eigenvalue weighted by molar-refractivity contribution is 5.85. The van der Waals surface area contributed by atoms with Gasteiger partial charge in [0.05, 0.1) is 6.54 Å². The molecule has 1 amide bonds. The molecule has 0 aliphatic heterocycles. The second-order valence-corrected chi connectivity index (χ2v) is 10.3. The Bertz CT molecular complexity index is 1020. The maximum Gasteiger partial charge on any atom is 0.232 e. The molecule has 2 aromatic rings. The van der Waals surface area contributed by atoms with Crippen molar-refractivity contribution in [2.45, 2.75) is 92.0 Å². The molecule has 1 saturated carbocycles. The highest BCUT2D eigenvalue weighted by Gasteiger charge is 2.39.